The molecular formula is C45H36N4O2. The number of benzene rings is 4. The number of hydrogen-bond donors (Lipinski definition) is 0. The summed E-state index contributed by atoms with van der Waals surface area (Å²) in [6, 6.07) is 35.9. The van der Waals surface area contributed by atoms with E-state index in [9.17, 15) is 0 Å². The summed E-state index contributed by atoms with van der Waals surface area (Å²) in [5, 5.41) is 0. The Morgan fingerprint density at radius 3 is 1.27 bits per heavy atom. The second kappa shape index (κ2) is 10.6. The summed E-state index contributed by atoms with van der Waals surface area (Å²) in [4.78, 5) is 18.7. The van der Waals surface area contributed by atoms with Gasteiger partial charge in [0.15, 0.2) is 0 Å². The van der Waals surface area contributed by atoms with E-state index in [0.717, 1.165) is 33.4 Å². The van der Waals surface area contributed by atoms with Crippen LogP contribution < -0.4 is 0 Å². The third-order valence-electron chi connectivity index (χ3n) is 10.7. The first kappa shape index (κ1) is 30.0. The van der Waals surface area contributed by atoms with Gasteiger partial charge in [-0.15, -0.1) is 0 Å². The zero-order valence-electron chi connectivity index (χ0n) is 29.1. The summed E-state index contributed by atoms with van der Waals surface area (Å²) in [5.41, 5.74) is 15.1. The number of hydrogen-bond acceptors (Lipinski definition) is 6. The van der Waals surface area contributed by atoms with Gasteiger partial charge in [0.05, 0.1) is 29.6 Å². The molecule has 6 aromatic rings. The molecule has 2 aliphatic heterocycles. The van der Waals surface area contributed by atoms with E-state index in [4.69, 9.17) is 19.5 Å². The van der Waals surface area contributed by atoms with Crippen LogP contribution in [0.25, 0.3) is 44.5 Å². The summed E-state index contributed by atoms with van der Waals surface area (Å²) in [6.07, 6.45) is 7.56. The highest BCUT2D eigenvalue weighted by molar-refractivity contribution is 5.99. The molecule has 0 unspecified atom stereocenters. The predicted octanol–water partition coefficient (Wildman–Crippen LogP) is 9.26. The van der Waals surface area contributed by atoms with Crippen molar-refractivity contribution in [2.75, 3.05) is 13.1 Å². The molecule has 248 valence electrons. The molecule has 0 N–H and O–H groups in total. The molecule has 0 saturated carbocycles. The van der Waals surface area contributed by atoms with Crippen molar-refractivity contribution in [2.45, 2.75) is 44.3 Å². The monoisotopic (exact) mass is 664 g/mol. The van der Waals surface area contributed by atoms with Gasteiger partial charge >= 0.3 is 0 Å². The zero-order chi connectivity index (χ0) is 34.5. The van der Waals surface area contributed by atoms with Crippen molar-refractivity contribution in [3.63, 3.8) is 0 Å². The molecule has 2 aliphatic carbocycles. The average Bonchev–Trinajstić information content (AvgIpc) is 3.88. The van der Waals surface area contributed by atoms with Gasteiger partial charge in [0, 0.05) is 35.9 Å². The smallest absolute Gasteiger partial charge is 0.218 e. The molecular weight excluding hydrogens is 629 g/mol. The summed E-state index contributed by atoms with van der Waals surface area (Å²) in [5.74, 6) is 1.30. The molecule has 6 heteroatoms. The Labute approximate surface area is 297 Å². The Balaban J connectivity index is 1.16. The molecule has 4 heterocycles. The lowest BCUT2D eigenvalue weighted by Gasteiger charge is -2.31. The molecule has 4 aromatic carbocycles. The lowest BCUT2D eigenvalue weighted by Crippen LogP contribution is -2.26. The van der Waals surface area contributed by atoms with Crippen LogP contribution in [0.2, 0.25) is 0 Å². The third kappa shape index (κ3) is 4.48. The molecule has 0 amide bonds. The predicted molar refractivity (Wildman–Crippen MR) is 202 cm³/mol. The quantitative estimate of drug-likeness (QED) is 0.188. The number of fused-ring (bicyclic) bond motifs is 10. The second-order valence-electron chi connectivity index (χ2n) is 15.3. The molecule has 0 bridgehead atoms. The Morgan fingerprint density at radius 1 is 0.431 bits per heavy atom. The number of pyridine rings is 2. The normalized spacial score (nSPS) is 17.9. The van der Waals surface area contributed by atoms with Gasteiger partial charge in [-0.2, -0.15) is 0 Å². The second-order valence-corrected chi connectivity index (χ2v) is 15.3. The van der Waals surface area contributed by atoms with Crippen LogP contribution in [0.5, 0.6) is 0 Å². The minimum atomic E-state index is -0.509. The molecule has 6 nitrogen and oxygen atoms in total. The maximum atomic E-state index is 6.18. The number of nitrogens with zero attached hydrogens (tertiary/aromatic N) is 4. The van der Waals surface area contributed by atoms with Gasteiger partial charge in [-0.3, -0.25) is 9.97 Å². The molecule has 1 spiro atoms. The lowest BCUT2D eigenvalue weighted by molar-refractivity contribution is 0.131. The molecule has 2 aromatic heterocycles. The van der Waals surface area contributed by atoms with Gasteiger partial charge < -0.3 is 9.47 Å². The van der Waals surface area contributed by atoms with Gasteiger partial charge in [0.2, 0.25) is 11.8 Å². The van der Waals surface area contributed by atoms with Crippen molar-refractivity contribution in [1.29, 1.82) is 0 Å². The van der Waals surface area contributed by atoms with Crippen LogP contribution in [0.15, 0.2) is 132 Å². The van der Waals surface area contributed by atoms with Gasteiger partial charge in [-0.05, 0) is 108 Å². The molecule has 51 heavy (non-hydrogen) atoms. The summed E-state index contributed by atoms with van der Waals surface area (Å²) >= 11 is 0. The van der Waals surface area contributed by atoms with Crippen LogP contribution in [0, 0.1) is 0 Å². The van der Waals surface area contributed by atoms with E-state index in [1.165, 1.54) is 44.5 Å². The van der Waals surface area contributed by atoms with Gasteiger partial charge in [0.1, 0.15) is 11.2 Å². The third-order valence-corrected chi connectivity index (χ3v) is 10.7. The largest absolute Gasteiger partial charge is 0.469 e. The van der Waals surface area contributed by atoms with E-state index in [1.54, 1.807) is 0 Å². The minimum absolute atomic E-state index is 0.314. The van der Waals surface area contributed by atoms with E-state index in [0.29, 0.717) is 24.9 Å². The van der Waals surface area contributed by atoms with E-state index in [2.05, 4.69) is 135 Å². The lowest BCUT2D eigenvalue weighted by atomic mass is 9.70. The maximum absolute atomic E-state index is 6.18. The van der Waals surface area contributed by atoms with Crippen molar-refractivity contribution in [3.8, 4) is 44.5 Å². The van der Waals surface area contributed by atoms with Crippen LogP contribution in [-0.4, -0.2) is 46.1 Å². The molecule has 0 fully saturated rings. The Morgan fingerprint density at radius 2 is 0.843 bits per heavy atom. The maximum Gasteiger partial charge on any atom is 0.218 e. The average molecular weight is 665 g/mol. The molecule has 0 radical (unpaired) electrons. The van der Waals surface area contributed by atoms with E-state index in [1.807, 2.05) is 24.8 Å². The van der Waals surface area contributed by atoms with E-state index >= 15 is 0 Å². The number of rotatable bonds is 4. The van der Waals surface area contributed by atoms with Crippen molar-refractivity contribution < 1.29 is 9.47 Å². The highest BCUT2D eigenvalue weighted by atomic mass is 16.5. The van der Waals surface area contributed by atoms with Crippen molar-refractivity contribution in [3.05, 3.63) is 155 Å². The first-order valence-electron chi connectivity index (χ1n) is 17.6. The summed E-state index contributed by atoms with van der Waals surface area (Å²) < 4.78 is 12.4. The Hall–Kier alpha value is -5.88. The SMILES string of the molecule is CC1(C)CN=C(c2cncc(-c3ccc4c(c3)C3(c5ccccc5-c5ccccc53)c3cc(-c5cncc(C6=NCC(C)(C)O6)c5)ccc3-4)c2)O1. The highest BCUT2D eigenvalue weighted by Crippen LogP contribution is 2.63. The first-order chi connectivity index (χ1) is 24.7. The standard InChI is InChI=1S/C45H36N4O2/c1-43(2)25-48-41(50-43)31-17-29(21-46-23-31)27-13-15-35-36-16-14-28(30-18-32(24-47-22-30)42-49-26-44(3,4)51-42)20-40(36)45(39(35)19-27)37-11-7-5-9-33(37)34-10-6-8-12-38(34)45/h5-24H,25-26H2,1-4H3. The van der Waals surface area contributed by atoms with Crippen LogP contribution in [0.1, 0.15) is 61.1 Å². The molecule has 0 atom stereocenters. The fourth-order valence-electron chi connectivity index (χ4n) is 8.41. The summed E-state index contributed by atoms with van der Waals surface area (Å²) in [7, 11) is 0. The van der Waals surface area contributed by atoms with Crippen LogP contribution in [-0.2, 0) is 14.9 Å². The van der Waals surface area contributed by atoms with Crippen LogP contribution in [0.4, 0.5) is 0 Å². The summed E-state index contributed by atoms with van der Waals surface area (Å²) in [6.45, 7) is 9.52. The Bertz CT molecular complexity index is 2330. The number of ether oxygens (including phenoxy) is 2. The minimum Gasteiger partial charge on any atom is -0.469 e. The fraction of sp³-hybridized carbons (Fsp3) is 0.200. The van der Waals surface area contributed by atoms with Gasteiger partial charge in [-0.25, -0.2) is 9.98 Å². The van der Waals surface area contributed by atoms with Crippen LogP contribution in [0.3, 0.4) is 0 Å². The molecule has 0 saturated heterocycles. The topological polar surface area (TPSA) is 69.0 Å². The Kier molecular flexibility index (Phi) is 6.21. The van der Waals surface area contributed by atoms with Crippen molar-refractivity contribution in [1.82, 2.24) is 9.97 Å². The first-order valence-corrected chi connectivity index (χ1v) is 17.6. The van der Waals surface area contributed by atoms with Crippen molar-refractivity contribution >= 4 is 11.8 Å². The van der Waals surface area contributed by atoms with Gasteiger partial charge in [-0.1, -0.05) is 72.8 Å². The number of aromatic nitrogens is 2. The highest BCUT2D eigenvalue weighted by Gasteiger charge is 2.51. The zero-order valence-corrected chi connectivity index (χ0v) is 29.1. The number of aliphatic imine (C=N–C) groups is 2. The molecule has 10 rings (SSSR count). The van der Waals surface area contributed by atoms with Gasteiger partial charge in [0.25, 0.3) is 0 Å². The van der Waals surface area contributed by atoms with E-state index < -0.39 is 5.41 Å². The van der Waals surface area contributed by atoms with Crippen LogP contribution >= 0.6 is 0 Å². The van der Waals surface area contributed by atoms with Crippen molar-refractivity contribution in [2.24, 2.45) is 9.98 Å². The fourth-order valence-corrected chi connectivity index (χ4v) is 8.41. The molecule has 4 aliphatic rings. The van der Waals surface area contributed by atoms with E-state index in [-0.39, 0.29) is 11.2 Å².